The minimum atomic E-state index is -0.419. The van der Waals surface area contributed by atoms with Crippen molar-refractivity contribution in [1.29, 1.82) is 0 Å². The first kappa shape index (κ1) is 12.1. The van der Waals surface area contributed by atoms with Crippen molar-refractivity contribution in [1.82, 2.24) is 0 Å². The second-order valence-electron chi connectivity index (χ2n) is 3.80. The van der Waals surface area contributed by atoms with E-state index >= 15 is 0 Å². The van der Waals surface area contributed by atoms with Gasteiger partial charge in [0.05, 0.1) is 7.11 Å². The van der Waals surface area contributed by atoms with Crippen LogP contribution >= 0.6 is 0 Å². The summed E-state index contributed by atoms with van der Waals surface area (Å²) in [4.78, 5) is 11.0. The average Bonchev–Trinajstić information content (AvgIpc) is 2.39. The van der Waals surface area contributed by atoms with Crippen LogP contribution in [0.15, 0.2) is 36.4 Å². The van der Waals surface area contributed by atoms with Gasteiger partial charge in [-0.2, -0.15) is 0 Å². The minimum absolute atomic E-state index is 0.386. The summed E-state index contributed by atoms with van der Waals surface area (Å²) in [6, 6.07) is 9.00. The molecule has 0 bridgehead atoms. The predicted molar refractivity (Wildman–Crippen MR) is 68.2 cm³/mol. The number of hydrogen-bond acceptors (Lipinski definition) is 3. The quantitative estimate of drug-likeness (QED) is 0.668. The van der Waals surface area contributed by atoms with E-state index in [1.54, 1.807) is 18.2 Å². The SMILES string of the molecule is COc1ccc(N)c(-c2cc(F)ccc2C=O)c1. The fourth-order valence-corrected chi connectivity index (χ4v) is 1.76. The van der Waals surface area contributed by atoms with Gasteiger partial charge >= 0.3 is 0 Å². The van der Waals surface area contributed by atoms with Gasteiger partial charge in [-0.05, 0) is 42.0 Å². The summed E-state index contributed by atoms with van der Waals surface area (Å²) in [5.74, 6) is 0.179. The normalized spacial score (nSPS) is 10.1. The van der Waals surface area contributed by atoms with E-state index in [0.717, 1.165) is 0 Å². The number of methoxy groups -OCH3 is 1. The van der Waals surface area contributed by atoms with Crippen molar-refractivity contribution in [2.75, 3.05) is 12.8 Å². The molecule has 0 atom stereocenters. The van der Waals surface area contributed by atoms with Crippen LogP contribution in [0.1, 0.15) is 10.4 Å². The Hall–Kier alpha value is -2.36. The van der Waals surface area contributed by atoms with E-state index in [4.69, 9.17) is 10.5 Å². The van der Waals surface area contributed by atoms with Gasteiger partial charge in [0.25, 0.3) is 0 Å². The van der Waals surface area contributed by atoms with Gasteiger partial charge in [0.1, 0.15) is 11.6 Å². The molecule has 4 heteroatoms. The van der Waals surface area contributed by atoms with Gasteiger partial charge in [-0.15, -0.1) is 0 Å². The van der Waals surface area contributed by atoms with Crippen LogP contribution in [0.5, 0.6) is 5.75 Å². The lowest BCUT2D eigenvalue weighted by molar-refractivity contribution is 0.112. The molecule has 0 radical (unpaired) electrons. The molecule has 0 saturated carbocycles. The second-order valence-corrected chi connectivity index (χ2v) is 3.80. The molecule has 2 aromatic carbocycles. The smallest absolute Gasteiger partial charge is 0.150 e. The molecule has 0 aromatic heterocycles. The first-order valence-corrected chi connectivity index (χ1v) is 5.34. The van der Waals surface area contributed by atoms with Gasteiger partial charge in [0.15, 0.2) is 6.29 Å². The number of nitrogens with two attached hydrogens (primary N) is 1. The zero-order chi connectivity index (χ0) is 13.1. The van der Waals surface area contributed by atoms with Crippen molar-refractivity contribution < 1.29 is 13.9 Å². The van der Waals surface area contributed by atoms with Gasteiger partial charge in [0.2, 0.25) is 0 Å². The molecule has 92 valence electrons. The van der Waals surface area contributed by atoms with Gasteiger partial charge < -0.3 is 10.5 Å². The van der Waals surface area contributed by atoms with Crippen LogP contribution in [0.4, 0.5) is 10.1 Å². The van der Waals surface area contributed by atoms with E-state index in [0.29, 0.717) is 34.4 Å². The molecule has 18 heavy (non-hydrogen) atoms. The molecular weight excluding hydrogens is 233 g/mol. The minimum Gasteiger partial charge on any atom is -0.497 e. The Labute approximate surface area is 104 Å². The van der Waals surface area contributed by atoms with E-state index in [1.807, 2.05) is 0 Å². The van der Waals surface area contributed by atoms with Crippen LogP contribution in [0.3, 0.4) is 0 Å². The fraction of sp³-hybridized carbons (Fsp3) is 0.0714. The van der Waals surface area contributed by atoms with Crippen LogP contribution in [0.25, 0.3) is 11.1 Å². The molecule has 2 N–H and O–H groups in total. The van der Waals surface area contributed by atoms with Crippen molar-refractivity contribution >= 4 is 12.0 Å². The van der Waals surface area contributed by atoms with E-state index in [1.165, 1.54) is 25.3 Å². The number of nitrogen functional groups attached to an aromatic ring is 1. The first-order valence-electron chi connectivity index (χ1n) is 5.34. The monoisotopic (exact) mass is 245 g/mol. The summed E-state index contributed by atoms with van der Waals surface area (Å²) >= 11 is 0. The molecule has 0 aliphatic heterocycles. The molecule has 0 aliphatic carbocycles. The number of aldehydes is 1. The van der Waals surface area contributed by atoms with Crippen LogP contribution in [0, 0.1) is 5.82 Å². The first-order chi connectivity index (χ1) is 8.65. The number of hydrogen-bond donors (Lipinski definition) is 1. The Morgan fingerprint density at radius 1 is 1.17 bits per heavy atom. The molecule has 0 aliphatic rings. The lowest BCUT2D eigenvalue weighted by Crippen LogP contribution is -1.95. The van der Waals surface area contributed by atoms with Crippen LogP contribution in [0.2, 0.25) is 0 Å². The Kier molecular flexibility index (Phi) is 3.28. The Bertz CT molecular complexity index is 596. The summed E-state index contributed by atoms with van der Waals surface area (Å²) in [6.45, 7) is 0. The van der Waals surface area contributed by atoms with E-state index in [2.05, 4.69) is 0 Å². The molecule has 0 unspecified atom stereocenters. The van der Waals surface area contributed by atoms with Crippen molar-refractivity contribution in [2.45, 2.75) is 0 Å². The van der Waals surface area contributed by atoms with Crippen LogP contribution < -0.4 is 10.5 Å². The third kappa shape index (κ3) is 2.18. The molecule has 0 amide bonds. The summed E-state index contributed by atoms with van der Waals surface area (Å²) in [7, 11) is 1.53. The third-order valence-electron chi connectivity index (χ3n) is 2.69. The highest BCUT2D eigenvalue weighted by Crippen LogP contribution is 2.32. The number of ether oxygens (including phenoxy) is 1. The van der Waals surface area contributed by atoms with Gasteiger partial charge in [-0.1, -0.05) is 0 Å². The van der Waals surface area contributed by atoms with Crippen molar-refractivity contribution in [3.8, 4) is 16.9 Å². The predicted octanol–water partition coefficient (Wildman–Crippen LogP) is 2.90. The van der Waals surface area contributed by atoms with Gasteiger partial charge in [-0.25, -0.2) is 4.39 Å². The van der Waals surface area contributed by atoms with Gasteiger partial charge in [0, 0.05) is 16.8 Å². The van der Waals surface area contributed by atoms with Gasteiger partial charge in [-0.3, -0.25) is 4.79 Å². The molecule has 0 fully saturated rings. The molecule has 0 saturated heterocycles. The average molecular weight is 245 g/mol. The fourth-order valence-electron chi connectivity index (χ4n) is 1.76. The molecule has 0 heterocycles. The molecule has 2 rings (SSSR count). The second kappa shape index (κ2) is 4.87. The summed E-state index contributed by atoms with van der Waals surface area (Å²) in [5.41, 5.74) is 7.74. The lowest BCUT2D eigenvalue weighted by atomic mass is 9.98. The molecule has 3 nitrogen and oxygen atoms in total. The van der Waals surface area contributed by atoms with E-state index < -0.39 is 5.82 Å². The highest BCUT2D eigenvalue weighted by molar-refractivity contribution is 5.91. The van der Waals surface area contributed by atoms with Crippen LogP contribution in [-0.4, -0.2) is 13.4 Å². The number of benzene rings is 2. The summed E-state index contributed by atoms with van der Waals surface area (Å²) in [5, 5.41) is 0. The van der Waals surface area contributed by atoms with Crippen molar-refractivity contribution in [3.63, 3.8) is 0 Å². The number of carbonyl (C=O) groups excluding carboxylic acids is 1. The Morgan fingerprint density at radius 2 is 1.94 bits per heavy atom. The maximum absolute atomic E-state index is 13.3. The van der Waals surface area contributed by atoms with Crippen LogP contribution in [-0.2, 0) is 0 Å². The topological polar surface area (TPSA) is 52.3 Å². The Balaban J connectivity index is 2.67. The third-order valence-corrected chi connectivity index (χ3v) is 2.69. The maximum Gasteiger partial charge on any atom is 0.150 e. The van der Waals surface area contributed by atoms with E-state index in [-0.39, 0.29) is 0 Å². The highest BCUT2D eigenvalue weighted by Gasteiger charge is 2.10. The zero-order valence-corrected chi connectivity index (χ0v) is 9.81. The lowest BCUT2D eigenvalue weighted by Gasteiger charge is -2.10. The standard InChI is InChI=1S/C14H12FNO2/c1-18-11-4-5-14(16)13(7-11)12-6-10(15)3-2-9(12)8-17/h2-8H,16H2,1H3. The molecule has 2 aromatic rings. The highest BCUT2D eigenvalue weighted by atomic mass is 19.1. The number of halogens is 1. The summed E-state index contributed by atoms with van der Waals surface area (Å²) in [6.07, 6.45) is 0.674. The van der Waals surface area contributed by atoms with E-state index in [9.17, 15) is 9.18 Å². The Morgan fingerprint density at radius 3 is 2.61 bits per heavy atom. The number of rotatable bonds is 3. The maximum atomic E-state index is 13.3. The largest absolute Gasteiger partial charge is 0.497 e. The number of anilines is 1. The van der Waals surface area contributed by atoms with Crippen molar-refractivity contribution in [2.24, 2.45) is 0 Å². The van der Waals surface area contributed by atoms with Crippen molar-refractivity contribution in [3.05, 3.63) is 47.8 Å². The number of carbonyl (C=O) groups is 1. The zero-order valence-electron chi connectivity index (χ0n) is 9.81. The summed E-state index contributed by atoms with van der Waals surface area (Å²) < 4.78 is 18.4. The molecular formula is C14H12FNO2. The molecule has 0 spiro atoms.